The molecule has 2 rings (SSSR count). The van der Waals surface area contributed by atoms with Gasteiger partial charge in [0, 0.05) is 21.2 Å². The molecule has 1 nitrogen and oxygen atoms in total. The van der Waals surface area contributed by atoms with E-state index in [0.29, 0.717) is 5.02 Å². The molecule has 0 amide bonds. The maximum atomic E-state index is 6.08. The van der Waals surface area contributed by atoms with E-state index in [0.717, 1.165) is 20.7 Å². The first-order valence-corrected chi connectivity index (χ1v) is 7.13. The average molecular weight is 290 g/mol. The van der Waals surface area contributed by atoms with Gasteiger partial charge >= 0.3 is 0 Å². The third-order valence-corrected chi connectivity index (χ3v) is 5.03. The normalized spacial score (nSPS) is 10.6. The van der Waals surface area contributed by atoms with Crippen molar-refractivity contribution in [2.24, 2.45) is 0 Å². The summed E-state index contributed by atoms with van der Waals surface area (Å²) < 4.78 is 0.808. The Balaban J connectivity index is 2.10. The molecule has 1 aromatic carbocycles. The Morgan fingerprint density at radius 2 is 2.00 bits per heavy atom. The van der Waals surface area contributed by atoms with Crippen LogP contribution >= 0.6 is 46.3 Å². The standard InChI is InChI=1S/C11H9Cl2NS2/c12-8-2-1-3-9(14)11(8)15-6-7-4-5-10(13)16-7/h1-5H,6,14H2. The first kappa shape index (κ1) is 12.1. The van der Waals surface area contributed by atoms with E-state index in [1.54, 1.807) is 23.1 Å². The van der Waals surface area contributed by atoms with Crippen molar-refractivity contribution in [3.8, 4) is 0 Å². The molecule has 1 heterocycles. The number of anilines is 1. The minimum absolute atomic E-state index is 0.702. The van der Waals surface area contributed by atoms with Crippen LogP contribution in [0, 0.1) is 0 Å². The Hall–Kier alpha value is -0.350. The lowest BCUT2D eigenvalue weighted by Gasteiger charge is -2.06. The predicted molar refractivity (Wildman–Crippen MR) is 74.8 cm³/mol. The molecule has 2 N–H and O–H groups in total. The van der Waals surface area contributed by atoms with Crippen LogP contribution in [0.15, 0.2) is 35.2 Å². The zero-order chi connectivity index (χ0) is 11.5. The lowest BCUT2D eigenvalue weighted by atomic mass is 10.3. The van der Waals surface area contributed by atoms with Crippen LogP contribution in [-0.2, 0) is 5.75 Å². The highest BCUT2D eigenvalue weighted by atomic mass is 35.5. The second-order valence-electron chi connectivity index (χ2n) is 3.15. The van der Waals surface area contributed by atoms with Gasteiger partial charge in [0.15, 0.2) is 0 Å². The number of rotatable bonds is 3. The van der Waals surface area contributed by atoms with Gasteiger partial charge in [-0.15, -0.1) is 23.1 Å². The Morgan fingerprint density at radius 1 is 1.19 bits per heavy atom. The molecule has 0 unspecified atom stereocenters. The molecule has 0 bridgehead atoms. The minimum atomic E-state index is 0.702. The van der Waals surface area contributed by atoms with E-state index in [4.69, 9.17) is 28.9 Å². The van der Waals surface area contributed by atoms with Gasteiger partial charge < -0.3 is 5.73 Å². The van der Waals surface area contributed by atoms with Crippen LogP contribution in [0.25, 0.3) is 0 Å². The lowest BCUT2D eigenvalue weighted by molar-refractivity contribution is 1.43. The molecule has 1 aromatic heterocycles. The van der Waals surface area contributed by atoms with Gasteiger partial charge in [0.2, 0.25) is 0 Å². The van der Waals surface area contributed by atoms with Crippen LogP contribution in [0.2, 0.25) is 9.36 Å². The largest absolute Gasteiger partial charge is 0.398 e. The molecule has 0 radical (unpaired) electrons. The number of halogens is 2. The number of nitrogen functional groups attached to an aromatic ring is 1. The molecule has 0 spiro atoms. The summed E-state index contributed by atoms with van der Waals surface area (Å²) in [4.78, 5) is 2.16. The summed E-state index contributed by atoms with van der Waals surface area (Å²) >= 11 is 15.2. The van der Waals surface area contributed by atoms with E-state index in [1.807, 2.05) is 30.3 Å². The van der Waals surface area contributed by atoms with Crippen LogP contribution in [0.3, 0.4) is 0 Å². The molecular weight excluding hydrogens is 281 g/mol. The van der Waals surface area contributed by atoms with Gasteiger partial charge in [0.25, 0.3) is 0 Å². The summed E-state index contributed by atoms with van der Waals surface area (Å²) in [5.74, 6) is 0.839. The van der Waals surface area contributed by atoms with E-state index in [2.05, 4.69) is 0 Å². The number of hydrogen-bond acceptors (Lipinski definition) is 3. The summed E-state index contributed by atoms with van der Waals surface area (Å²) in [5.41, 5.74) is 6.59. The molecule has 0 saturated heterocycles. The van der Waals surface area contributed by atoms with Gasteiger partial charge in [-0.3, -0.25) is 0 Å². The molecule has 0 fully saturated rings. The topological polar surface area (TPSA) is 26.0 Å². The SMILES string of the molecule is Nc1cccc(Cl)c1SCc1ccc(Cl)s1. The van der Waals surface area contributed by atoms with Gasteiger partial charge in [-0.05, 0) is 24.3 Å². The third kappa shape index (κ3) is 2.86. The van der Waals surface area contributed by atoms with E-state index in [-0.39, 0.29) is 0 Å². The number of thiophene rings is 1. The zero-order valence-corrected chi connectivity index (χ0v) is 11.4. The van der Waals surface area contributed by atoms with E-state index >= 15 is 0 Å². The molecule has 0 aliphatic rings. The number of hydrogen-bond donors (Lipinski definition) is 1. The fourth-order valence-electron chi connectivity index (χ4n) is 1.25. The van der Waals surface area contributed by atoms with Crippen molar-refractivity contribution >= 4 is 52.0 Å². The van der Waals surface area contributed by atoms with Crippen LogP contribution in [-0.4, -0.2) is 0 Å². The predicted octanol–water partition coefficient (Wildman–Crippen LogP) is 4.93. The maximum absolute atomic E-state index is 6.08. The molecule has 2 aromatic rings. The van der Waals surface area contributed by atoms with Crippen LogP contribution < -0.4 is 5.73 Å². The highest BCUT2D eigenvalue weighted by Gasteiger charge is 2.06. The average Bonchev–Trinajstić information content (AvgIpc) is 2.63. The summed E-state index contributed by atoms with van der Waals surface area (Å²) in [6, 6.07) is 9.48. The summed E-state index contributed by atoms with van der Waals surface area (Å²) in [6.45, 7) is 0. The van der Waals surface area contributed by atoms with Gasteiger partial charge in [-0.1, -0.05) is 29.3 Å². The van der Waals surface area contributed by atoms with Crippen molar-refractivity contribution in [2.75, 3.05) is 5.73 Å². The Kier molecular flexibility index (Phi) is 4.03. The van der Waals surface area contributed by atoms with Gasteiger partial charge in [0.1, 0.15) is 0 Å². The first-order valence-electron chi connectivity index (χ1n) is 4.58. The summed E-state index contributed by atoms with van der Waals surface area (Å²) in [6.07, 6.45) is 0. The highest BCUT2D eigenvalue weighted by molar-refractivity contribution is 7.99. The summed E-state index contributed by atoms with van der Waals surface area (Å²) in [5, 5.41) is 0.702. The highest BCUT2D eigenvalue weighted by Crippen LogP contribution is 2.36. The van der Waals surface area contributed by atoms with Crippen molar-refractivity contribution in [1.29, 1.82) is 0 Å². The van der Waals surface area contributed by atoms with Crippen LogP contribution in [0.5, 0.6) is 0 Å². The van der Waals surface area contributed by atoms with Crippen molar-refractivity contribution in [2.45, 2.75) is 10.6 Å². The fraction of sp³-hybridized carbons (Fsp3) is 0.0909. The fourth-order valence-corrected chi connectivity index (χ4v) is 3.71. The Bertz CT molecular complexity index is 476. The number of thioether (sulfide) groups is 1. The van der Waals surface area contributed by atoms with Crippen molar-refractivity contribution in [3.05, 3.63) is 44.6 Å². The molecule has 84 valence electrons. The third-order valence-electron chi connectivity index (χ3n) is 1.99. The monoisotopic (exact) mass is 289 g/mol. The lowest BCUT2D eigenvalue weighted by Crippen LogP contribution is -1.88. The van der Waals surface area contributed by atoms with Crippen molar-refractivity contribution < 1.29 is 0 Å². The molecule has 0 aliphatic heterocycles. The zero-order valence-electron chi connectivity index (χ0n) is 8.24. The van der Waals surface area contributed by atoms with Gasteiger partial charge in [0.05, 0.1) is 9.36 Å². The van der Waals surface area contributed by atoms with Gasteiger partial charge in [-0.25, -0.2) is 0 Å². The number of nitrogens with two attached hydrogens (primary N) is 1. The molecule has 0 aliphatic carbocycles. The second kappa shape index (κ2) is 5.32. The minimum Gasteiger partial charge on any atom is -0.398 e. The first-order chi connectivity index (χ1) is 7.66. The van der Waals surface area contributed by atoms with E-state index in [9.17, 15) is 0 Å². The summed E-state index contributed by atoms with van der Waals surface area (Å²) in [7, 11) is 0. The van der Waals surface area contributed by atoms with Crippen LogP contribution in [0.4, 0.5) is 5.69 Å². The molecular formula is C11H9Cl2NS2. The molecule has 5 heteroatoms. The quantitative estimate of drug-likeness (QED) is 0.640. The number of benzene rings is 1. The molecule has 16 heavy (non-hydrogen) atoms. The van der Waals surface area contributed by atoms with Gasteiger partial charge in [-0.2, -0.15) is 0 Å². The van der Waals surface area contributed by atoms with Crippen LogP contribution in [0.1, 0.15) is 4.88 Å². The second-order valence-corrected chi connectivity index (χ2v) is 6.35. The molecule has 0 saturated carbocycles. The maximum Gasteiger partial charge on any atom is 0.0931 e. The Morgan fingerprint density at radius 3 is 2.62 bits per heavy atom. The smallest absolute Gasteiger partial charge is 0.0931 e. The molecule has 0 atom stereocenters. The van der Waals surface area contributed by atoms with Crippen molar-refractivity contribution in [1.82, 2.24) is 0 Å². The Labute approximate surface area is 113 Å². The van der Waals surface area contributed by atoms with E-state index < -0.39 is 0 Å². The van der Waals surface area contributed by atoms with Crippen molar-refractivity contribution in [3.63, 3.8) is 0 Å². The van der Waals surface area contributed by atoms with E-state index in [1.165, 1.54) is 4.88 Å².